The first-order valence-corrected chi connectivity index (χ1v) is 4.39. The zero-order valence-electron chi connectivity index (χ0n) is 8.09. The van der Waals surface area contributed by atoms with Gasteiger partial charge in [0.25, 0.3) is 0 Å². The Morgan fingerprint density at radius 1 is 1.62 bits per heavy atom. The van der Waals surface area contributed by atoms with Gasteiger partial charge in [0.1, 0.15) is 0 Å². The average molecular weight is 178 g/mol. The van der Waals surface area contributed by atoms with Crippen molar-refractivity contribution < 1.29 is 9.21 Å². The summed E-state index contributed by atoms with van der Waals surface area (Å²) in [6, 6.07) is 1.79. The Hall–Kier alpha value is -1.31. The Morgan fingerprint density at radius 2 is 2.31 bits per heavy atom. The van der Waals surface area contributed by atoms with Gasteiger partial charge in [0.05, 0.1) is 6.26 Å². The molecule has 0 spiro atoms. The van der Waals surface area contributed by atoms with Crippen molar-refractivity contribution in [1.82, 2.24) is 0 Å². The van der Waals surface area contributed by atoms with Gasteiger partial charge < -0.3 is 4.42 Å². The van der Waals surface area contributed by atoms with E-state index in [0.29, 0.717) is 12.2 Å². The van der Waals surface area contributed by atoms with Gasteiger partial charge in [0.2, 0.25) is 5.78 Å². The van der Waals surface area contributed by atoms with Gasteiger partial charge in [-0.2, -0.15) is 0 Å². The summed E-state index contributed by atoms with van der Waals surface area (Å²) in [5, 5.41) is 0. The third-order valence-corrected chi connectivity index (χ3v) is 2.03. The number of carbonyl (C=O) groups excluding carboxylic acids is 1. The van der Waals surface area contributed by atoms with E-state index in [-0.39, 0.29) is 5.78 Å². The largest absolute Gasteiger partial charge is 0.461 e. The summed E-state index contributed by atoms with van der Waals surface area (Å²) in [7, 11) is 0. The normalized spacial score (nSPS) is 10.0. The molecule has 1 aromatic rings. The highest BCUT2D eigenvalue weighted by Gasteiger charge is 2.12. The molecule has 0 unspecified atom stereocenters. The van der Waals surface area contributed by atoms with Crippen LogP contribution in [0.3, 0.4) is 0 Å². The third kappa shape index (κ3) is 2.31. The van der Waals surface area contributed by atoms with Crippen molar-refractivity contribution in [3.8, 4) is 0 Å². The SMILES string of the molecule is C=C(CC)CC(=O)c1occc1C. The van der Waals surface area contributed by atoms with Gasteiger partial charge in [-0.3, -0.25) is 4.79 Å². The van der Waals surface area contributed by atoms with E-state index < -0.39 is 0 Å². The standard InChI is InChI=1S/C11H14O2/c1-4-8(2)7-10(12)11-9(3)5-6-13-11/h5-6H,2,4,7H2,1,3H3. The number of hydrogen-bond acceptors (Lipinski definition) is 2. The highest BCUT2D eigenvalue weighted by molar-refractivity contribution is 5.96. The van der Waals surface area contributed by atoms with Crippen molar-refractivity contribution in [2.75, 3.05) is 0 Å². The molecule has 0 atom stereocenters. The van der Waals surface area contributed by atoms with E-state index in [9.17, 15) is 4.79 Å². The van der Waals surface area contributed by atoms with E-state index in [1.54, 1.807) is 6.07 Å². The first kappa shape index (κ1) is 9.78. The van der Waals surface area contributed by atoms with Crippen LogP contribution in [0.4, 0.5) is 0 Å². The number of furan rings is 1. The number of Topliss-reactive ketones (excluding diaryl/α,β-unsaturated/α-hetero) is 1. The maximum absolute atomic E-state index is 11.5. The molecule has 0 saturated carbocycles. The lowest BCUT2D eigenvalue weighted by molar-refractivity contribution is 0.0965. The zero-order valence-corrected chi connectivity index (χ0v) is 8.09. The molecule has 1 heterocycles. The number of carbonyl (C=O) groups is 1. The molecule has 0 N–H and O–H groups in total. The maximum Gasteiger partial charge on any atom is 0.202 e. The summed E-state index contributed by atoms with van der Waals surface area (Å²) in [5.41, 5.74) is 1.84. The molecule has 0 aliphatic rings. The lowest BCUT2D eigenvalue weighted by Crippen LogP contribution is -2.00. The molecule has 0 aliphatic heterocycles. The third-order valence-electron chi connectivity index (χ3n) is 2.03. The van der Waals surface area contributed by atoms with Crippen LogP contribution in [-0.4, -0.2) is 5.78 Å². The Labute approximate surface area is 78.3 Å². The van der Waals surface area contributed by atoms with Gasteiger partial charge in [-0.1, -0.05) is 19.1 Å². The fourth-order valence-corrected chi connectivity index (χ4v) is 1.09. The predicted octanol–water partition coefficient (Wildman–Crippen LogP) is 3.13. The van der Waals surface area contributed by atoms with Gasteiger partial charge in [-0.25, -0.2) is 0 Å². The summed E-state index contributed by atoms with van der Waals surface area (Å²) in [4.78, 5) is 11.5. The van der Waals surface area contributed by atoms with Crippen LogP contribution in [0.15, 0.2) is 28.9 Å². The number of hydrogen-bond donors (Lipinski definition) is 0. The molecule has 13 heavy (non-hydrogen) atoms. The van der Waals surface area contributed by atoms with E-state index in [0.717, 1.165) is 17.6 Å². The first-order valence-electron chi connectivity index (χ1n) is 4.39. The molecule has 0 aromatic carbocycles. The van der Waals surface area contributed by atoms with Crippen LogP contribution in [0, 0.1) is 6.92 Å². The second kappa shape index (κ2) is 4.08. The topological polar surface area (TPSA) is 30.2 Å². The summed E-state index contributed by atoms with van der Waals surface area (Å²) in [6.07, 6.45) is 2.77. The molecule has 0 bridgehead atoms. The van der Waals surface area contributed by atoms with Crippen molar-refractivity contribution in [2.45, 2.75) is 26.7 Å². The minimum Gasteiger partial charge on any atom is -0.461 e. The Bertz CT molecular complexity index is 321. The van der Waals surface area contributed by atoms with E-state index >= 15 is 0 Å². The number of ketones is 1. The highest BCUT2D eigenvalue weighted by atomic mass is 16.3. The van der Waals surface area contributed by atoms with Crippen LogP contribution < -0.4 is 0 Å². The van der Waals surface area contributed by atoms with Crippen molar-refractivity contribution in [1.29, 1.82) is 0 Å². The summed E-state index contributed by atoms with van der Waals surface area (Å²) in [6.45, 7) is 7.65. The maximum atomic E-state index is 11.5. The smallest absolute Gasteiger partial charge is 0.202 e. The molecule has 0 aliphatic carbocycles. The minimum atomic E-state index is 0.0225. The average Bonchev–Trinajstić information content (AvgIpc) is 2.51. The van der Waals surface area contributed by atoms with Gasteiger partial charge in [0.15, 0.2) is 5.76 Å². The van der Waals surface area contributed by atoms with Crippen molar-refractivity contribution in [3.05, 3.63) is 35.8 Å². The minimum absolute atomic E-state index is 0.0225. The van der Waals surface area contributed by atoms with Crippen molar-refractivity contribution in [3.63, 3.8) is 0 Å². The second-order valence-electron chi connectivity index (χ2n) is 3.14. The van der Waals surface area contributed by atoms with Gasteiger partial charge in [0, 0.05) is 6.42 Å². The van der Waals surface area contributed by atoms with Crippen LogP contribution in [0.1, 0.15) is 35.9 Å². The van der Waals surface area contributed by atoms with Crippen LogP contribution in [0.2, 0.25) is 0 Å². The molecule has 1 rings (SSSR count). The van der Waals surface area contributed by atoms with Crippen LogP contribution in [-0.2, 0) is 0 Å². The lowest BCUT2D eigenvalue weighted by Gasteiger charge is -1.99. The molecule has 0 radical (unpaired) electrons. The first-order chi connectivity index (χ1) is 6.15. The van der Waals surface area contributed by atoms with Crippen LogP contribution in [0.25, 0.3) is 0 Å². The summed E-state index contributed by atoms with van der Waals surface area (Å²) >= 11 is 0. The van der Waals surface area contributed by atoms with Gasteiger partial charge in [-0.15, -0.1) is 0 Å². The lowest BCUT2D eigenvalue weighted by atomic mass is 10.1. The second-order valence-corrected chi connectivity index (χ2v) is 3.14. The highest BCUT2D eigenvalue weighted by Crippen LogP contribution is 2.14. The number of rotatable bonds is 4. The molecule has 0 amide bonds. The zero-order chi connectivity index (χ0) is 9.84. The predicted molar refractivity (Wildman–Crippen MR) is 51.8 cm³/mol. The van der Waals surface area contributed by atoms with Gasteiger partial charge in [-0.05, 0) is 25.0 Å². The van der Waals surface area contributed by atoms with Crippen molar-refractivity contribution >= 4 is 5.78 Å². The molecule has 0 fully saturated rings. The van der Waals surface area contributed by atoms with Crippen LogP contribution in [0.5, 0.6) is 0 Å². The molecular weight excluding hydrogens is 164 g/mol. The molecule has 1 aromatic heterocycles. The Balaban J connectivity index is 2.69. The molecule has 0 saturated heterocycles. The van der Waals surface area contributed by atoms with E-state index in [4.69, 9.17) is 4.42 Å². The summed E-state index contributed by atoms with van der Waals surface area (Å²) < 4.78 is 5.08. The fraction of sp³-hybridized carbons (Fsp3) is 0.364. The Morgan fingerprint density at radius 3 is 2.77 bits per heavy atom. The molecule has 70 valence electrons. The van der Waals surface area contributed by atoms with Gasteiger partial charge >= 0.3 is 0 Å². The summed E-state index contributed by atoms with van der Waals surface area (Å²) in [5.74, 6) is 0.490. The Kier molecular flexibility index (Phi) is 3.07. The molecular formula is C11H14O2. The monoisotopic (exact) mass is 178 g/mol. The van der Waals surface area contributed by atoms with Crippen LogP contribution >= 0.6 is 0 Å². The molecule has 2 nitrogen and oxygen atoms in total. The van der Waals surface area contributed by atoms with E-state index in [1.807, 2.05) is 13.8 Å². The fourth-order valence-electron chi connectivity index (χ4n) is 1.09. The van der Waals surface area contributed by atoms with E-state index in [2.05, 4.69) is 6.58 Å². The van der Waals surface area contributed by atoms with E-state index in [1.165, 1.54) is 6.26 Å². The molecule has 2 heteroatoms. The number of aryl methyl sites for hydroxylation is 1. The number of allylic oxidation sites excluding steroid dienone is 1. The quantitative estimate of drug-likeness (QED) is 0.523. The van der Waals surface area contributed by atoms with Crippen molar-refractivity contribution in [2.24, 2.45) is 0 Å².